The molecule has 23 heteroatoms. The zero-order valence-electron chi connectivity index (χ0n) is 58.5. The van der Waals surface area contributed by atoms with Gasteiger partial charge in [0.15, 0.2) is 11.6 Å². The summed E-state index contributed by atoms with van der Waals surface area (Å²) in [6.07, 6.45) is -3.22. The first-order chi connectivity index (χ1) is 48.9. The Morgan fingerprint density at radius 3 is 1.32 bits per heavy atom. The van der Waals surface area contributed by atoms with E-state index in [0.717, 1.165) is 48.2 Å². The number of aromatic nitrogens is 9. The van der Waals surface area contributed by atoms with Crippen molar-refractivity contribution < 1.29 is 52.8 Å². The van der Waals surface area contributed by atoms with E-state index in [2.05, 4.69) is 25.4 Å². The Labute approximate surface area is 603 Å². The molecule has 522 valence electrons. The average Bonchev–Trinajstić information content (AvgIpc) is 1.59. The fraction of sp³-hybridized carbons (Fsp3) is 0.212. The van der Waals surface area contributed by atoms with E-state index in [1.807, 2.05) is 137 Å². The maximum Gasteiger partial charge on any atom is 0.435 e. The molecule has 0 amide bonds. The number of aliphatic hydroxyl groups is 1. The third-order valence-corrected chi connectivity index (χ3v) is 18.8. The maximum absolute atomic E-state index is 13.5. The second-order valence-corrected chi connectivity index (χ2v) is 31.2. The molecule has 0 radical (unpaired) electrons. The third kappa shape index (κ3) is 14.9. The second-order valence-electron chi connectivity index (χ2n) is 28.5. The van der Waals surface area contributed by atoms with Crippen LogP contribution in [0.3, 0.4) is 0 Å². The van der Waals surface area contributed by atoms with Gasteiger partial charge in [0.25, 0.3) is 0 Å². The highest BCUT2D eigenvalue weighted by Gasteiger charge is 2.32. The van der Waals surface area contributed by atoms with Gasteiger partial charge in [-0.1, -0.05) is 97.1 Å². The number of nitrogens with one attached hydrogen (secondary N) is 2. The number of carbonyl (C=O) groups is 6. The van der Waals surface area contributed by atoms with E-state index in [4.69, 9.17) is 18.9 Å². The molecule has 3 N–H and O–H groups in total. The molecule has 0 aliphatic rings. The lowest BCUT2D eigenvalue weighted by Crippen LogP contribution is -2.28. The summed E-state index contributed by atoms with van der Waals surface area (Å²) in [5, 5.41) is 35.9. The van der Waals surface area contributed by atoms with Crippen LogP contribution in [0.1, 0.15) is 132 Å². The topological polar surface area (TPSA) is 250 Å². The highest BCUT2D eigenvalue weighted by molar-refractivity contribution is 7.18. The van der Waals surface area contributed by atoms with Gasteiger partial charge in [0.1, 0.15) is 45.6 Å². The number of H-pyrrole nitrogens is 2. The highest BCUT2D eigenvalue weighted by atomic mass is 32.1. The van der Waals surface area contributed by atoms with Crippen LogP contribution in [-0.4, -0.2) is 107 Å². The molecule has 0 saturated heterocycles. The largest absolute Gasteiger partial charge is 0.443 e. The van der Waals surface area contributed by atoms with Gasteiger partial charge in [-0.2, -0.15) is 24.7 Å². The number of fused-ring (bicyclic) bond motifs is 6. The Hall–Kier alpha value is -11.4. The number of nitrogens with zero attached hydrogens (tertiary/aromatic N) is 7. The molecule has 0 aliphatic carbocycles. The number of benzene rings is 6. The van der Waals surface area contributed by atoms with Gasteiger partial charge < -0.3 is 29.0 Å². The van der Waals surface area contributed by atoms with E-state index >= 15 is 0 Å². The molecule has 0 saturated carbocycles. The highest BCUT2D eigenvalue weighted by Crippen LogP contribution is 2.40. The fourth-order valence-corrected chi connectivity index (χ4v) is 14.3. The number of thiophene rings is 3. The van der Waals surface area contributed by atoms with Crippen LogP contribution in [0.2, 0.25) is 0 Å². The second kappa shape index (κ2) is 27.5. The van der Waals surface area contributed by atoms with Gasteiger partial charge >= 0.3 is 24.4 Å². The van der Waals surface area contributed by atoms with Crippen molar-refractivity contribution in [3.05, 3.63) is 232 Å². The Balaban J connectivity index is 0.000000141. The minimum absolute atomic E-state index is 0.0330. The molecule has 0 fully saturated rings. The summed E-state index contributed by atoms with van der Waals surface area (Å²) in [6.45, 7) is 21.5. The summed E-state index contributed by atoms with van der Waals surface area (Å²) in [7, 11) is 0. The normalized spacial score (nSPS) is 12.3. The van der Waals surface area contributed by atoms with E-state index in [1.165, 1.54) is 41.2 Å². The molecule has 0 spiro atoms. The first-order valence-corrected chi connectivity index (χ1v) is 35.7. The predicted molar refractivity (Wildman–Crippen MR) is 405 cm³/mol. The molecule has 1 unspecified atom stereocenters. The van der Waals surface area contributed by atoms with Gasteiger partial charge in [-0.25, -0.2) is 28.3 Å². The van der Waals surface area contributed by atoms with Crippen LogP contribution in [0.4, 0.5) is 19.2 Å². The summed E-state index contributed by atoms with van der Waals surface area (Å²) < 4.78 is 30.6. The molecule has 6 aromatic carbocycles. The molecule has 1 atom stereocenters. The van der Waals surface area contributed by atoms with E-state index < -0.39 is 52.9 Å². The smallest absolute Gasteiger partial charge is 0.435 e. The molecular formula is C80H73N9O11S3. The molecule has 0 aliphatic heterocycles. The quantitative estimate of drug-likeness (QED) is 0.0898. The van der Waals surface area contributed by atoms with Crippen LogP contribution in [-0.2, 0) is 18.9 Å². The van der Waals surface area contributed by atoms with Gasteiger partial charge in [0.2, 0.25) is 0 Å². The number of carbonyl (C=O) groups excluding carboxylic acids is 6. The summed E-state index contributed by atoms with van der Waals surface area (Å²) in [5.74, 6) is -0.0930. The lowest BCUT2D eigenvalue weighted by atomic mass is 10.0. The van der Waals surface area contributed by atoms with Crippen LogP contribution in [0.25, 0.3) is 97.5 Å². The van der Waals surface area contributed by atoms with Gasteiger partial charge in [0, 0.05) is 43.9 Å². The molecule has 20 nitrogen and oxygen atoms in total. The summed E-state index contributed by atoms with van der Waals surface area (Å²) in [6, 6.07) is 55.4. The molecule has 15 aromatic rings. The molecule has 103 heavy (non-hydrogen) atoms. The number of ketones is 2. The van der Waals surface area contributed by atoms with Crippen molar-refractivity contribution in [2.75, 3.05) is 0 Å². The molecule has 9 heterocycles. The van der Waals surface area contributed by atoms with Crippen LogP contribution >= 0.6 is 34.0 Å². The van der Waals surface area contributed by atoms with Gasteiger partial charge in [-0.15, -0.1) is 34.0 Å². The fourth-order valence-electron chi connectivity index (χ4n) is 11.7. The van der Waals surface area contributed by atoms with Crippen LogP contribution in [0.5, 0.6) is 0 Å². The van der Waals surface area contributed by atoms with Crippen molar-refractivity contribution in [3.63, 3.8) is 0 Å². The SMILES string of the molecule is CC(C)(C)OC(=O)n1nc(-c2cc3cc(C(=O)c4ccccc4)ccc3n2C(=O)OC(C)(C)C)c2sccc21.CC(C)(C)OC(=O)n1nc(-c2cc3cc(C(O)c4ccccc4)ccc3n2C(=O)OC(C)(C)C)c2sccc21.O=C(c1ccccc1)c1ccc2[nH]c(-c3n[nH]c4ccsc34)cc2c1. The third-order valence-electron chi connectivity index (χ3n) is 16.0. The minimum Gasteiger partial charge on any atom is -0.443 e. The van der Waals surface area contributed by atoms with E-state index in [-0.39, 0.29) is 11.6 Å². The first-order valence-electron chi connectivity index (χ1n) is 33.1. The Bertz CT molecular complexity index is 5740. The van der Waals surface area contributed by atoms with E-state index in [0.29, 0.717) is 82.7 Å². The van der Waals surface area contributed by atoms with E-state index in [9.17, 15) is 33.9 Å². The molecule has 15 rings (SSSR count). The van der Waals surface area contributed by atoms with Crippen molar-refractivity contribution in [2.45, 2.75) is 112 Å². The molecule has 9 aromatic heterocycles. The zero-order chi connectivity index (χ0) is 73.0. The zero-order valence-corrected chi connectivity index (χ0v) is 61.0. The standard InChI is InChI=1S/C30H31N3O5S.C30H29N3O5S.C20H13N3OS/c2*1-29(2,3)37-27(35)32-21-13-12-19(25(34)18-10-8-7-9-11-18)16-20(21)17-23(32)24-26-22(14-15-39-26)33(31-24)28(36)38-30(4,5)6;24-19(12-4-2-1-3-5-12)13-6-7-15-14(10-13)11-17(21-15)18-20-16(22-23-18)8-9-25-20/h7-17,25,34H,1-6H3;7-17H,1-6H3;1-11,21H,(H,22,23). The number of hydrogen-bond acceptors (Lipinski definition) is 17. The van der Waals surface area contributed by atoms with Crippen molar-refractivity contribution in [3.8, 4) is 34.2 Å². The number of rotatable bonds is 9. The Kier molecular flexibility index (Phi) is 18.7. The minimum atomic E-state index is -0.834. The number of ether oxygens (including phenoxy) is 4. The summed E-state index contributed by atoms with van der Waals surface area (Å²) >= 11 is 4.48. The average molecular weight is 1430 g/mol. The van der Waals surface area contributed by atoms with Crippen molar-refractivity contribution >= 4 is 133 Å². The molecule has 0 bridgehead atoms. The van der Waals surface area contributed by atoms with Gasteiger partial charge in [0.05, 0.1) is 58.8 Å². The number of hydrogen-bond donors (Lipinski definition) is 3. The van der Waals surface area contributed by atoms with Gasteiger partial charge in [-0.3, -0.25) is 14.7 Å². The maximum atomic E-state index is 13.5. The molecular weight excluding hydrogens is 1360 g/mol. The monoisotopic (exact) mass is 1430 g/mol. The summed E-state index contributed by atoms with van der Waals surface area (Å²) in [5.41, 5.74) is 9.02. The van der Waals surface area contributed by atoms with Crippen LogP contribution < -0.4 is 0 Å². The van der Waals surface area contributed by atoms with Gasteiger partial charge in [-0.05, 0) is 195 Å². The van der Waals surface area contributed by atoms with Crippen molar-refractivity contribution in [1.29, 1.82) is 0 Å². The first kappa shape index (κ1) is 70.1. The lowest BCUT2D eigenvalue weighted by Gasteiger charge is -2.21. The van der Waals surface area contributed by atoms with E-state index in [1.54, 1.807) is 155 Å². The lowest BCUT2D eigenvalue weighted by molar-refractivity contribution is 0.0511. The Morgan fingerprint density at radius 1 is 0.398 bits per heavy atom. The summed E-state index contributed by atoms with van der Waals surface area (Å²) in [4.78, 5) is 82.2. The van der Waals surface area contributed by atoms with Crippen molar-refractivity contribution in [2.24, 2.45) is 0 Å². The van der Waals surface area contributed by atoms with Crippen molar-refractivity contribution in [1.82, 2.24) is 43.9 Å². The van der Waals surface area contributed by atoms with Crippen LogP contribution in [0.15, 0.2) is 198 Å². The number of aliphatic hydroxyl groups excluding tert-OH is 1. The number of aromatic amines is 2. The predicted octanol–water partition coefficient (Wildman–Crippen LogP) is 19.9. The van der Waals surface area contributed by atoms with Crippen LogP contribution in [0, 0.1) is 0 Å². The Morgan fingerprint density at radius 2 is 0.825 bits per heavy atom.